The van der Waals surface area contributed by atoms with Gasteiger partial charge >= 0.3 is 5.97 Å². The molecule has 1 heterocycles. The number of benzene rings is 1. The topological polar surface area (TPSA) is 40.5 Å². The SMILES string of the molecule is CC(=Cc1cc(Br)ccc1N1CCCC1C)C(=O)O. The molecule has 1 unspecified atom stereocenters. The molecule has 1 N–H and O–H groups in total. The molecule has 2 rings (SSSR count). The summed E-state index contributed by atoms with van der Waals surface area (Å²) in [6, 6.07) is 6.56. The molecule has 0 radical (unpaired) electrons. The molecule has 0 spiro atoms. The molecule has 1 atom stereocenters. The molecule has 4 heteroatoms. The van der Waals surface area contributed by atoms with Gasteiger partial charge in [-0.3, -0.25) is 0 Å². The Morgan fingerprint density at radius 3 is 2.84 bits per heavy atom. The van der Waals surface area contributed by atoms with Crippen LogP contribution in [0.5, 0.6) is 0 Å². The standard InChI is InChI=1S/C15H18BrNO2/c1-10(15(18)19)8-12-9-13(16)5-6-14(12)17-7-3-4-11(17)2/h5-6,8-9,11H,3-4,7H2,1-2H3,(H,18,19). The largest absolute Gasteiger partial charge is 0.478 e. The van der Waals surface area contributed by atoms with E-state index in [1.165, 1.54) is 12.8 Å². The second kappa shape index (κ2) is 5.78. The molecule has 0 aromatic heterocycles. The van der Waals surface area contributed by atoms with E-state index in [1.807, 2.05) is 12.1 Å². The van der Waals surface area contributed by atoms with Crippen LogP contribution in [0.25, 0.3) is 6.08 Å². The van der Waals surface area contributed by atoms with Crippen molar-refractivity contribution in [2.24, 2.45) is 0 Å². The Morgan fingerprint density at radius 2 is 2.26 bits per heavy atom. The molecular formula is C15H18BrNO2. The number of rotatable bonds is 3. The molecule has 1 fully saturated rings. The van der Waals surface area contributed by atoms with Gasteiger partial charge in [-0.05, 0) is 56.5 Å². The molecule has 1 aromatic carbocycles. The van der Waals surface area contributed by atoms with E-state index in [4.69, 9.17) is 5.11 Å². The van der Waals surface area contributed by atoms with Crippen LogP contribution in [0.1, 0.15) is 32.3 Å². The van der Waals surface area contributed by atoms with Crippen LogP contribution in [0, 0.1) is 0 Å². The fourth-order valence-electron chi connectivity index (χ4n) is 2.49. The first-order valence-corrected chi connectivity index (χ1v) is 7.26. The van der Waals surface area contributed by atoms with Gasteiger partial charge in [-0.25, -0.2) is 4.79 Å². The van der Waals surface area contributed by atoms with Crippen LogP contribution in [0.15, 0.2) is 28.2 Å². The van der Waals surface area contributed by atoms with Crippen molar-refractivity contribution in [1.82, 2.24) is 0 Å². The molecule has 1 aromatic rings. The molecule has 0 amide bonds. The quantitative estimate of drug-likeness (QED) is 0.857. The Bertz CT molecular complexity index is 525. The van der Waals surface area contributed by atoms with Crippen LogP contribution in [0.3, 0.4) is 0 Å². The average molecular weight is 324 g/mol. The minimum absolute atomic E-state index is 0.353. The Hall–Kier alpha value is -1.29. The van der Waals surface area contributed by atoms with Crippen LogP contribution in [-0.4, -0.2) is 23.7 Å². The van der Waals surface area contributed by atoms with Gasteiger partial charge in [-0.2, -0.15) is 0 Å². The second-order valence-corrected chi connectivity index (χ2v) is 5.94. The monoisotopic (exact) mass is 323 g/mol. The Balaban J connectivity index is 2.43. The first-order chi connectivity index (χ1) is 8.99. The van der Waals surface area contributed by atoms with Crippen molar-refractivity contribution in [1.29, 1.82) is 0 Å². The van der Waals surface area contributed by atoms with Crippen molar-refractivity contribution < 1.29 is 9.90 Å². The van der Waals surface area contributed by atoms with E-state index in [1.54, 1.807) is 13.0 Å². The van der Waals surface area contributed by atoms with E-state index in [0.29, 0.717) is 11.6 Å². The molecule has 3 nitrogen and oxygen atoms in total. The third-order valence-corrected chi connectivity index (χ3v) is 4.05. The third kappa shape index (κ3) is 3.18. The summed E-state index contributed by atoms with van der Waals surface area (Å²) < 4.78 is 0.965. The molecule has 0 bridgehead atoms. The lowest BCUT2D eigenvalue weighted by Crippen LogP contribution is -2.26. The Morgan fingerprint density at radius 1 is 1.53 bits per heavy atom. The van der Waals surface area contributed by atoms with Gasteiger partial charge in [0.2, 0.25) is 0 Å². The predicted molar refractivity (Wildman–Crippen MR) is 81.5 cm³/mol. The molecule has 0 aliphatic carbocycles. The van der Waals surface area contributed by atoms with Crippen molar-refractivity contribution in [3.05, 3.63) is 33.8 Å². The highest BCUT2D eigenvalue weighted by Gasteiger charge is 2.22. The van der Waals surface area contributed by atoms with E-state index in [-0.39, 0.29) is 0 Å². The zero-order chi connectivity index (χ0) is 14.0. The molecular weight excluding hydrogens is 306 g/mol. The average Bonchev–Trinajstić information content (AvgIpc) is 2.75. The summed E-state index contributed by atoms with van der Waals surface area (Å²) in [4.78, 5) is 13.3. The highest BCUT2D eigenvalue weighted by Crippen LogP contribution is 2.32. The van der Waals surface area contributed by atoms with Crippen LogP contribution >= 0.6 is 15.9 Å². The fraction of sp³-hybridized carbons (Fsp3) is 0.400. The molecule has 19 heavy (non-hydrogen) atoms. The van der Waals surface area contributed by atoms with Gasteiger partial charge in [0.15, 0.2) is 0 Å². The Kier molecular flexibility index (Phi) is 4.30. The van der Waals surface area contributed by atoms with Crippen LogP contribution < -0.4 is 4.90 Å². The lowest BCUT2D eigenvalue weighted by Gasteiger charge is -2.26. The maximum atomic E-state index is 11.0. The second-order valence-electron chi connectivity index (χ2n) is 5.02. The Labute approximate surface area is 122 Å². The highest BCUT2D eigenvalue weighted by atomic mass is 79.9. The van der Waals surface area contributed by atoms with Crippen molar-refractivity contribution in [2.75, 3.05) is 11.4 Å². The summed E-state index contributed by atoms with van der Waals surface area (Å²) in [7, 11) is 0. The van der Waals surface area contributed by atoms with E-state index in [2.05, 4.69) is 33.8 Å². The number of carboxylic acid groups (broad SMARTS) is 1. The van der Waals surface area contributed by atoms with Gasteiger partial charge in [0.1, 0.15) is 0 Å². The van der Waals surface area contributed by atoms with Crippen LogP contribution in [0.4, 0.5) is 5.69 Å². The molecule has 102 valence electrons. The highest BCUT2D eigenvalue weighted by molar-refractivity contribution is 9.10. The van der Waals surface area contributed by atoms with Gasteiger partial charge < -0.3 is 10.0 Å². The van der Waals surface area contributed by atoms with Gasteiger partial charge in [0, 0.05) is 28.3 Å². The number of anilines is 1. The molecule has 0 saturated carbocycles. The summed E-state index contributed by atoms with van der Waals surface area (Å²) in [6.45, 7) is 4.88. The van der Waals surface area contributed by atoms with E-state index >= 15 is 0 Å². The normalized spacial score (nSPS) is 19.8. The minimum Gasteiger partial charge on any atom is -0.478 e. The van der Waals surface area contributed by atoms with Crippen LogP contribution in [0.2, 0.25) is 0 Å². The number of carboxylic acids is 1. The lowest BCUT2D eigenvalue weighted by molar-refractivity contribution is -0.132. The van der Waals surface area contributed by atoms with Crippen molar-refractivity contribution in [3.8, 4) is 0 Å². The van der Waals surface area contributed by atoms with Gasteiger partial charge in [0.25, 0.3) is 0 Å². The number of nitrogens with zero attached hydrogens (tertiary/aromatic N) is 1. The predicted octanol–water partition coefficient (Wildman–Crippen LogP) is 3.93. The number of carbonyl (C=O) groups is 1. The first-order valence-electron chi connectivity index (χ1n) is 6.47. The molecule has 1 saturated heterocycles. The number of halogens is 1. The van der Waals surface area contributed by atoms with E-state index in [0.717, 1.165) is 22.3 Å². The molecule has 1 aliphatic heterocycles. The zero-order valence-corrected chi connectivity index (χ0v) is 12.8. The van der Waals surface area contributed by atoms with Gasteiger partial charge in [-0.1, -0.05) is 15.9 Å². The maximum Gasteiger partial charge on any atom is 0.331 e. The number of aliphatic carboxylic acids is 1. The first kappa shape index (κ1) is 14.1. The van der Waals surface area contributed by atoms with Crippen molar-refractivity contribution >= 4 is 33.7 Å². The van der Waals surface area contributed by atoms with Crippen molar-refractivity contribution in [3.63, 3.8) is 0 Å². The van der Waals surface area contributed by atoms with Crippen molar-refractivity contribution in [2.45, 2.75) is 32.7 Å². The maximum absolute atomic E-state index is 11.0. The number of hydrogen-bond acceptors (Lipinski definition) is 2. The molecule has 1 aliphatic rings. The summed E-state index contributed by atoms with van der Waals surface area (Å²) in [6.07, 6.45) is 4.13. The number of hydrogen-bond donors (Lipinski definition) is 1. The summed E-state index contributed by atoms with van der Waals surface area (Å²) in [5.74, 6) is -0.875. The van der Waals surface area contributed by atoms with E-state index in [9.17, 15) is 4.79 Å². The third-order valence-electron chi connectivity index (χ3n) is 3.56. The smallest absolute Gasteiger partial charge is 0.331 e. The van der Waals surface area contributed by atoms with Crippen LogP contribution in [-0.2, 0) is 4.79 Å². The van der Waals surface area contributed by atoms with E-state index < -0.39 is 5.97 Å². The summed E-state index contributed by atoms with van der Waals surface area (Å²) in [5.41, 5.74) is 2.43. The zero-order valence-electron chi connectivity index (χ0n) is 11.2. The minimum atomic E-state index is -0.875. The van der Waals surface area contributed by atoms with Gasteiger partial charge in [0.05, 0.1) is 0 Å². The summed E-state index contributed by atoms with van der Waals surface area (Å²) >= 11 is 3.45. The fourth-order valence-corrected chi connectivity index (χ4v) is 2.87. The van der Waals surface area contributed by atoms with Gasteiger partial charge in [-0.15, -0.1) is 0 Å². The lowest BCUT2D eigenvalue weighted by atomic mass is 10.1. The summed E-state index contributed by atoms with van der Waals surface area (Å²) in [5, 5.41) is 9.03.